The Morgan fingerprint density at radius 1 is 1.12 bits per heavy atom. The minimum absolute atomic E-state index is 0.0119. The highest BCUT2D eigenvalue weighted by Gasteiger charge is 2.71. The van der Waals surface area contributed by atoms with Crippen LogP contribution in [-0.2, 0) is 4.79 Å². The van der Waals surface area contributed by atoms with Crippen molar-refractivity contribution in [2.75, 3.05) is 6.61 Å². The second kappa shape index (κ2) is 5.05. The molecule has 136 valence electrons. The molecular weight excluding hydrogens is 304 g/mol. The lowest BCUT2D eigenvalue weighted by Gasteiger charge is -2.65. The summed E-state index contributed by atoms with van der Waals surface area (Å²) >= 11 is 0. The molecule has 3 N–H and O–H groups in total. The van der Waals surface area contributed by atoms with E-state index in [1.165, 1.54) is 6.42 Å². The largest absolute Gasteiger partial charge is 0.396 e. The first-order valence-electron chi connectivity index (χ1n) is 9.72. The lowest BCUT2D eigenvalue weighted by atomic mass is 9.39. The molecule has 4 saturated carbocycles. The molecule has 1 spiro atoms. The van der Waals surface area contributed by atoms with Crippen molar-refractivity contribution in [2.45, 2.75) is 71.5 Å². The Kier molecular flexibility index (Phi) is 3.57. The molecule has 0 aromatic carbocycles. The van der Waals surface area contributed by atoms with Gasteiger partial charge < -0.3 is 15.3 Å². The zero-order valence-electron chi connectivity index (χ0n) is 15.2. The molecule has 0 aromatic heterocycles. The second-order valence-corrected chi connectivity index (χ2v) is 9.94. The van der Waals surface area contributed by atoms with E-state index in [9.17, 15) is 20.1 Å². The van der Waals surface area contributed by atoms with Crippen molar-refractivity contribution >= 4 is 5.78 Å². The van der Waals surface area contributed by atoms with Crippen LogP contribution in [0.3, 0.4) is 0 Å². The molecule has 24 heavy (non-hydrogen) atoms. The molecule has 4 rings (SSSR count). The predicted octanol–water partition coefficient (Wildman–Crippen LogP) is 2.15. The van der Waals surface area contributed by atoms with Crippen LogP contribution < -0.4 is 0 Å². The maximum Gasteiger partial charge on any atom is 0.168 e. The third kappa shape index (κ3) is 1.78. The molecule has 4 fully saturated rings. The number of carbonyl (C=O) groups excluding carboxylic acids is 1. The van der Waals surface area contributed by atoms with Crippen LogP contribution >= 0.6 is 0 Å². The van der Waals surface area contributed by atoms with Crippen LogP contribution in [0.2, 0.25) is 0 Å². The number of hydrogen-bond donors (Lipinski definition) is 3. The maximum absolute atomic E-state index is 13.4. The van der Waals surface area contributed by atoms with Gasteiger partial charge in [0.2, 0.25) is 0 Å². The van der Waals surface area contributed by atoms with Crippen molar-refractivity contribution < 1.29 is 20.1 Å². The van der Waals surface area contributed by atoms with Crippen LogP contribution in [0.4, 0.5) is 0 Å². The minimum atomic E-state index is -1.05. The average Bonchev–Trinajstić information content (AvgIpc) is 2.80. The van der Waals surface area contributed by atoms with Crippen LogP contribution in [0.5, 0.6) is 0 Å². The van der Waals surface area contributed by atoms with Gasteiger partial charge in [-0.3, -0.25) is 4.79 Å². The summed E-state index contributed by atoms with van der Waals surface area (Å²) in [6.07, 6.45) is 3.86. The van der Waals surface area contributed by atoms with Crippen molar-refractivity contribution in [3.05, 3.63) is 0 Å². The number of ketones is 1. The normalized spacial score (nSPS) is 59.8. The van der Waals surface area contributed by atoms with E-state index in [4.69, 9.17) is 0 Å². The fraction of sp³-hybridized carbons (Fsp3) is 0.950. The molecule has 4 heteroatoms. The van der Waals surface area contributed by atoms with Gasteiger partial charge in [0.25, 0.3) is 0 Å². The molecule has 4 nitrogen and oxygen atoms in total. The van der Waals surface area contributed by atoms with Crippen LogP contribution in [0.25, 0.3) is 0 Å². The van der Waals surface area contributed by atoms with E-state index in [1.807, 2.05) is 6.92 Å². The fourth-order valence-electron chi connectivity index (χ4n) is 7.81. The third-order valence-electron chi connectivity index (χ3n) is 8.96. The SMILES string of the molecule is C[C@H]1C[C@]23C[C@H]1CC[C@H]2[C@]1(C)CC[C@@H](O)[C@](C)(CO)[C@H]1[C@H](O)C3=O. The maximum atomic E-state index is 13.4. The summed E-state index contributed by atoms with van der Waals surface area (Å²) in [5.41, 5.74) is -1.34. The van der Waals surface area contributed by atoms with E-state index in [0.717, 1.165) is 25.7 Å². The molecule has 0 aliphatic heterocycles. The second-order valence-electron chi connectivity index (χ2n) is 9.94. The molecule has 9 atom stereocenters. The number of hydrogen-bond acceptors (Lipinski definition) is 4. The molecule has 4 aliphatic rings. The summed E-state index contributed by atoms with van der Waals surface area (Å²) in [7, 11) is 0. The highest BCUT2D eigenvalue weighted by Crippen LogP contribution is 2.71. The molecule has 0 amide bonds. The van der Waals surface area contributed by atoms with Gasteiger partial charge in [-0.1, -0.05) is 20.8 Å². The van der Waals surface area contributed by atoms with Crippen molar-refractivity contribution in [3.63, 3.8) is 0 Å². The summed E-state index contributed by atoms with van der Waals surface area (Å²) in [5.74, 6) is 1.12. The molecule has 0 saturated heterocycles. The standard InChI is InChI=1S/C20H32O4/c1-11-8-20-9-12(11)4-5-13(20)18(2)7-6-14(22)19(3,10-21)16(18)15(23)17(20)24/h11-16,21-23H,4-10H2,1-3H3/t11-,12+,13-,14+,15-,16-,18-,19-,20-/m0/s1. The molecule has 0 aromatic rings. The number of Topliss-reactive ketones (excluding diaryl/α,β-unsaturated/α-hetero) is 1. The van der Waals surface area contributed by atoms with Gasteiger partial charge >= 0.3 is 0 Å². The highest BCUT2D eigenvalue weighted by atomic mass is 16.3. The Balaban J connectivity index is 1.84. The summed E-state index contributed by atoms with van der Waals surface area (Å²) in [5, 5.41) is 31.7. The smallest absolute Gasteiger partial charge is 0.168 e. The Hall–Kier alpha value is -0.450. The minimum Gasteiger partial charge on any atom is -0.396 e. The fourth-order valence-corrected chi connectivity index (χ4v) is 7.81. The quantitative estimate of drug-likeness (QED) is 0.686. The highest BCUT2D eigenvalue weighted by molar-refractivity contribution is 5.91. The van der Waals surface area contributed by atoms with Gasteiger partial charge in [-0.15, -0.1) is 0 Å². The van der Waals surface area contributed by atoms with E-state index in [0.29, 0.717) is 18.3 Å². The number of aliphatic hydroxyl groups excluding tert-OH is 3. The van der Waals surface area contributed by atoms with Crippen molar-refractivity contribution in [3.8, 4) is 0 Å². The zero-order valence-corrected chi connectivity index (χ0v) is 15.2. The molecular formula is C20H32O4. The number of rotatable bonds is 1. The lowest BCUT2D eigenvalue weighted by Crippen LogP contribution is -2.69. The Morgan fingerprint density at radius 2 is 1.83 bits per heavy atom. The average molecular weight is 336 g/mol. The topological polar surface area (TPSA) is 77.8 Å². The first-order chi connectivity index (χ1) is 11.2. The molecule has 0 heterocycles. The Bertz CT molecular complexity index is 558. The Morgan fingerprint density at radius 3 is 2.50 bits per heavy atom. The van der Waals surface area contributed by atoms with E-state index in [-0.39, 0.29) is 35.1 Å². The number of fused-ring (bicyclic) bond motifs is 3. The van der Waals surface area contributed by atoms with Crippen LogP contribution in [-0.4, -0.2) is 39.9 Å². The van der Waals surface area contributed by atoms with Gasteiger partial charge in [0, 0.05) is 16.7 Å². The zero-order chi connectivity index (χ0) is 17.5. The van der Waals surface area contributed by atoms with Crippen LogP contribution in [0.1, 0.15) is 59.3 Å². The summed E-state index contributed by atoms with van der Waals surface area (Å²) in [4.78, 5) is 13.4. The summed E-state index contributed by atoms with van der Waals surface area (Å²) < 4.78 is 0. The van der Waals surface area contributed by atoms with Crippen molar-refractivity contribution in [2.24, 2.45) is 39.9 Å². The van der Waals surface area contributed by atoms with Crippen molar-refractivity contribution in [1.82, 2.24) is 0 Å². The van der Waals surface area contributed by atoms with Gasteiger partial charge in [-0.05, 0) is 61.7 Å². The summed E-state index contributed by atoms with van der Waals surface area (Å²) in [6.45, 7) is 6.16. The third-order valence-corrected chi connectivity index (χ3v) is 8.96. The molecule has 4 aliphatic carbocycles. The van der Waals surface area contributed by atoms with E-state index >= 15 is 0 Å². The van der Waals surface area contributed by atoms with Gasteiger partial charge in [-0.2, -0.15) is 0 Å². The first kappa shape index (κ1) is 17.0. The Labute approximate surface area is 144 Å². The van der Waals surface area contributed by atoms with E-state index < -0.39 is 17.6 Å². The predicted molar refractivity (Wildman–Crippen MR) is 90.1 cm³/mol. The first-order valence-corrected chi connectivity index (χ1v) is 9.72. The van der Waals surface area contributed by atoms with E-state index in [2.05, 4.69) is 13.8 Å². The van der Waals surface area contributed by atoms with Crippen molar-refractivity contribution in [1.29, 1.82) is 0 Å². The monoisotopic (exact) mass is 336 g/mol. The van der Waals surface area contributed by atoms with Crippen LogP contribution in [0, 0.1) is 39.9 Å². The van der Waals surface area contributed by atoms with Gasteiger partial charge in [0.05, 0.1) is 12.7 Å². The summed E-state index contributed by atoms with van der Waals surface area (Å²) in [6, 6.07) is 0. The van der Waals surface area contributed by atoms with E-state index in [1.54, 1.807) is 0 Å². The van der Waals surface area contributed by atoms with Gasteiger partial charge in [0.1, 0.15) is 6.10 Å². The lowest BCUT2D eigenvalue weighted by molar-refractivity contribution is -0.227. The molecule has 2 bridgehead atoms. The van der Waals surface area contributed by atoms with Gasteiger partial charge in [-0.25, -0.2) is 0 Å². The molecule has 0 unspecified atom stereocenters. The number of carbonyl (C=O) groups is 1. The van der Waals surface area contributed by atoms with Crippen LogP contribution in [0.15, 0.2) is 0 Å². The number of aliphatic hydroxyl groups is 3. The molecule has 0 radical (unpaired) electrons. The van der Waals surface area contributed by atoms with Gasteiger partial charge in [0.15, 0.2) is 5.78 Å².